The molecule has 0 rings (SSSR count). The Balaban J connectivity index is 5.45. The molecule has 2 unspecified atom stereocenters. The van der Waals surface area contributed by atoms with E-state index in [2.05, 4.69) is 113 Å². The van der Waals surface area contributed by atoms with Crippen LogP contribution in [-0.2, 0) is 65.4 Å². The molecule has 0 saturated carbocycles. The number of ether oxygens (including phenoxy) is 4. The SMILES string of the molecule is CCCCC/C=C\C/C=C\C/C=C\C/C=C\C/C=C\CCC(=O)OC[C@H](COP(=O)(O)OC[C@@H](O)COP(=O)(O)OC[C@@H](COC(=O)CCCCCCCCCCCCCCCCC)OC(=O)CCC/C=C\C/C=C\C/C=C\C/C=C\CCCCC)OC(=O)CCCCCCCCCCCCCCCCC. The summed E-state index contributed by atoms with van der Waals surface area (Å²) in [4.78, 5) is 73.1. The van der Waals surface area contributed by atoms with Crippen LogP contribution in [0.2, 0.25) is 0 Å². The lowest BCUT2D eigenvalue weighted by atomic mass is 10.0. The molecular formula is C87H152O17P2. The summed E-state index contributed by atoms with van der Waals surface area (Å²) in [5.41, 5.74) is 0. The van der Waals surface area contributed by atoms with Crippen LogP contribution < -0.4 is 0 Å². The van der Waals surface area contributed by atoms with Crippen molar-refractivity contribution >= 4 is 39.5 Å². The van der Waals surface area contributed by atoms with Crippen LogP contribution in [0.25, 0.3) is 0 Å². The van der Waals surface area contributed by atoms with E-state index in [1.54, 1.807) is 0 Å². The number of aliphatic hydroxyl groups is 1. The van der Waals surface area contributed by atoms with Crippen molar-refractivity contribution in [2.75, 3.05) is 39.6 Å². The fourth-order valence-corrected chi connectivity index (χ4v) is 12.9. The van der Waals surface area contributed by atoms with E-state index < -0.39 is 97.5 Å². The van der Waals surface area contributed by atoms with Gasteiger partial charge in [0.05, 0.1) is 26.4 Å². The summed E-state index contributed by atoms with van der Waals surface area (Å²) in [7, 11) is -9.99. The molecule has 106 heavy (non-hydrogen) atoms. The fourth-order valence-electron chi connectivity index (χ4n) is 11.3. The number of esters is 4. The van der Waals surface area contributed by atoms with Gasteiger partial charge in [-0.2, -0.15) is 0 Å². The third kappa shape index (κ3) is 77.9. The van der Waals surface area contributed by atoms with Crippen LogP contribution in [0.3, 0.4) is 0 Å². The topological polar surface area (TPSA) is 237 Å². The van der Waals surface area contributed by atoms with Crippen LogP contribution in [-0.4, -0.2) is 96.7 Å². The molecule has 0 bridgehead atoms. The average Bonchev–Trinajstić information content (AvgIpc) is 0.905. The lowest BCUT2D eigenvalue weighted by molar-refractivity contribution is -0.161. The van der Waals surface area contributed by atoms with Crippen LogP contribution in [0, 0.1) is 0 Å². The molecule has 19 heteroatoms. The van der Waals surface area contributed by atoms with Gasteiger partial charge in [0.2, 0.25) is 0 Å². The fraction of sp³-hybridized carbons (Fsp3) is 0.747. The predicted molar refractivity (Wildman–Crippen MR) is 436 cm³/mol. The van der Waals surface area contributed by atoms with Gasteiger partial charge in [-0.3, -0.25) is 37.3 Å². The first-order chi connectivity index (χ1) is 51.7. The summed E-state index contributed by atoms with van der Waals surface area (Å²) in [5, 5.41) is 10.7. The number of carbonyl (C=O) groups excluding carboxylic acids is 4. The molecule has 0 radical (unpaired) electrons. The highest BCUT2D eigenvalue weighted by molar-refractivity contribution is 7.47. The maximum absolute atomic E-state index is 13.1. The van der Waals surface area contributed by atoms with Crippen LogP contribution in [0.5, 0.6) is 0 Å². The Morgan fingerprint density at radius 2 is 0.491 bits per heavy atom. The van der Waals surface area contributed by atoms with Crippen molar-refractivity contribution in [1.29, 1.82) is 0 Å². The smallest absolute Gasteiger partial charge is 0.462 e. The molecular weight excluding hydrogens is 1380 g/mol. The van der Waals surface area contributed by atoms with Crippen molar-refractivity contribution in [2.24, 2.45) is 0 Å². The van der Waals surface area contributed by atoms with Crippen molar-refractivity contribution < 1.29 is 80.2 Å². The summed E-state index contributed by atoms with van der Waals surface area (Å²) in [5.74, 6) is -2.31. The number of allylic oxidation sites excluding steroid dienone is 18. The summed E-state index contributed by atoms with van der Waals surface area (Å²) in [6, 6.07) is 0. The second-order valence-electron chi connectivity index (χ2n) is 28.1. The molecule has 0 aliphatic heterocycles. The lowest BCUT2D eigenvalue weighted by Gasteiger charge is -2.21. The third-order valence-electron chi connectivity index (χ3n) is 17.8. The molecule has 5 atom stereocenters. The quantitative estimate of drug-likeness (QED) is 0.0169. The minimum atomic E-state index is -5.00. The molecule has 0 aromatic carbocycles. The molecule has 0 heterocycles. The molecule has 0 spiro atoms. The first kappa shape index (κ1) is 102. The highest BCUT2D eigenvalue weighted by Gasteiger charge is 2.30. The minimum absolute atomic E-state index is 0.0192. The monoisotopic (exact) mass is 1530 g/mol. The zero-order chi connectivity index (χ0) is 77.4. The van der Waals surface area contributed by atoms with Crippen molar-refractivity contribution in [1.82, 2.24) is 0 Å². The van der Waals surface area contributed by atoms with Gasteiger partial charge in [0, 0.05) is 25.7 Å². The van der Waals surface area contributed by atoms with Crippen molar-refractivity contribution in [3.05, 3.63) is 109 Å². The standard InChI is InChI=1S/C87H152O17P2/c1-5-9-13-17-21-25-29-33-37-39-40-42-45-48-52-56-60-64-68-72-85(90)98-78-82(103-86(91)73-69-65-61-57-53-49-44-36-32-28-24-20-16-12-8-4)79-101-105(93,94)99-75-81(88)76-100-106(95,96)102-80-83(77-97-84(89)71-67-63-59-55-51-47-43-35-31-27-23-19-15-11-7-3)104-87(92)74-70-66-62-58-54-50-46-41-38-34-30-26-22-18-14-10-6-2/h21-22,25-26,33-34,37-38,40,42,46,48,50,52,58,60,62,64,81-83,88H,5-20,23-24,27-32,35-36,39,41,43-45,47,49,51,53-57,59,61,63,65-80H2,1-4H3,(H,93,94)(H,95,96)/b25-21-,26-22-,37-33-,38-34-,42-40-,50-46-,52-48-,62-58-,64-60-/t81-,82-,83-/m1/s1. The Labute approximate surface area is 645 Å². The molecule has 612 valence electrons. The lowest BCUT2D eigenvalue weighted by Crippen LogP contribution is -2.30. The number of hydrogen-bond donors (Lipinski definition) is 3. The molecule has 0 saturated heterocycles. The Kier molecular flexibility index (Phi) is 75.6. The van der Waals surface area contributed by atoms with Crippen LogP contribution in [0.15, 0.2) is 109 Å². The van der Waals surface area contributed by atoms with Gasteiger partial charge in [0.1, 0.15) is 19.3 Å². The molecule has 0 aromatic heterocycles. The number of carbonyl (C=O) groups is 4. The van der Waals surface area contributed by atoms with Crippen LogP contribution in [0.4, 0.5) is 0 Å². The van der Waals surface area contributed by atoms with Gasteiger partial charge in [-0.1, -0.05) is 343 Å². The predicted octanol–water partition coefficient (Wildman–Crippen LogP) is 24.9. The first-order valence-electron chi connectivity index (χ1n) is 42.1. The summed E-state index contributed by atoms with van der Waals surface area (Å²) < 4.78 is 68.6. The third-order valence-corrected chi connectivity index (χ3v) is 19.7. The van der Waals surface area contributed by atoms with Crippen LogP contribution >= 0.6 is 15.6 Å². The maximum Gasteiger partial charge on any atom is 0.472 e. The van der Waals surface area contributed by atoms with Crippen molar-refractivity contribution in [2.45, 2.75) is 380 Å². The van der Waals surface area contributed by atoms with Gasteiger partial charge >= 0.3 is 39.5 Å². The number of phosphoric acid groups is 2. The van der Waals surface area contributed by atoms with Crippen LogP contribution in [0.1, 0.15) is 362 Å². The Hall–Kier alpha value is -4.28. The largest absolute Gasteiger partial charge is 0.472 e. The Bertz CT molecular complexity index is 2430. The summed E-state index contributed by atoms with van der Waals surface area (Å²) in [6.07, 6.45) is 86.5. The van der Waals surface area contributed by atoms with Gasteiger partial charge in [-0.05, 0) is 103 Å². The second kappa shape index (κ2) is 78.8. The Morgan fingerprint density at radius 1 is 0.264 bits per heavy atom. The maximum atomic E-state index is 13.1. The van der Waals surface area contributed by atoms with Crippen molar-refractivity contribution in [3.8, 4) is 0 Å². The van der Waals surface area contributed by atoms with E-state index in [0.29, 0.717) is 38.5 Å². The van der Waals surface area contributed by atoms with E-state index in [4.69, 9.17) is 37.0 Å². The van der Waals surface area contributed by atoms with Gasteiger partial charge in [0.15, 0.2) is 12.2 Å². The molecule has 0 aliphatic rings. The summed E-state index contributed by atoms with van der Waals surface area (Å²) in [6.45, 7) is 4.74. The number of hydrogen-bond acceptors (Lipinski definition) is 15. The number of unbranched alkanes of at least 4 members (excludes halogenated alkanes) is 35. The molecule has 17 nitrogen and oxygen atoms in total. The normalized spacial score (nSPS) is 14.4. The zero-order valence-electron chi connectivity index (χ0n) is 67.1. The Morgan fingerprint density at radius 3 is 0.802 bits per heavy atom. The minimum Gasteiger partial charge on any atom is -0.462 e. The van der Waals surface area contributed by atoms with E-state index in [-0.39, 0.29) is 25.7 Å². The molecule has 0 fully saturated rings. The van der Waals surface area contributed by atoms with E-state index >= 15 is 0 Å². The van der Waals surface area contributed by atoms with E-state index in [0.717, 1.165) is 96.3 Å². The van der Waals surface area contributed by atoms with Gasteiger partial charge in [-0.15, -0.1) is 0 Å². The average molecular weight is 1530 g/mol. The number of phosphoric ester groups is 2. The number of aliphatic hydroxyl groups excluding tert-OH is 1. The molecule has 0 aromatic rings. The molecule has 3 N–H and O–H groups in total. The first-order valence-corrected chi connectivity index (χ1v) is 45.1. The van der Waals surface area contributed by atoms with Gasteiger partial charge < -0.3 is 33.8 Å². The highest BCUT2D eigenvalue weighted by Crippen LogP contribution is 2.45. The van der Waals surface area contributed by atoms with E-state index in [1.165, 1.54) is 173 Å². The van der Waals surface area contributed by atoms with Gasteiger partial charge in [0.25, 0.3) is 0 Å². The second-order valence-corrected chi connectivity index (χ2v) is 31.0. The molecule has 0 amide bonds. The number of rotatable bonds is 79. The van der Waals surface area contributed by atoms with E-state index in [1.807, 2.05) is 24.3 Å². The van der Waals surface area contributed by atoms with Gasteiger partial charge in [-0.25, -0.2) is 9.13 Å². The van der Waals surface area contributed by atoms with E-state index in [9.17, 15) is 43.2 Å². The molecule has 0 aliphatic carbocycles. The summed E-state index contributed by atoms with van der Waals surface area (Å²) >= 11 is 0. The van der Waals surface area contributed by atoms with Crippen molar-refractivity contribution in [3.63, 3.8) is 0 Å². The highest BCUT2D eigenvalue weighted by atomic mass is 31.2. The zero-order valence-corrected chi connectivity index (χ0v) is 68.9.